The zero-order chi connectivity index (χ0) is 21.7. The van der Waals surface area contributed by atoms with Gasteiger partial charge in [0.25, 0.3) is 0 Å². The lowest BCUT2D eigenvalue weighted by Gasteiger charge is -2.33. The fourth-order valence-corrected chi connectivity index (χ4v) is 3.82. The average molecular weight is 440 g/mol. The molecule has 30 heavy (non-hydrogen) atoms. The molecule has 4 nitrogen and oxygen atoms in total. The standard InChI is InChI=1S/C22H23F3O4S/c1-14-11-19(9-10-20(14)27-12-21-28-15(2)29-21)30-13-18(26)8-5-16-3-6-17(7-4-16)22(23,24)25/h3-4,6-7,9-11,15,21H,5,8,12-13H2,1-2H3. The fraction of sp³-hybridized carbons (Fsp3) is 0.409. The Morgan fingerprint density at radius 3 is 2.43 bits per heavy atom. The van der Waals surface area contributed by atoms with E-state index < -0.39 is 11.7 Å². The smallest absolute Gasteiger partial charge is 0.416 e. The van der Waals surface area contributed by atoms with E-state index in [1.807, 2.05) is 32.0 Å². The minimum Gasteiger partial charge on any atom is -0.488 e. The van der Waals surface area contributed by atoms with Crippen molar-refractivity contribution >= 4 is 17.5 Å². The predicted octanol–water partition coefficient (Wildman–Crippen LogP) is 5.41. The van der Waals surface area contributed by atoms with Crippen molar-refractivity contribution in [2.75, 3.05) is 12.4 Å². The van der Waals surface area contributed by atoms with Gasteiger partial charge in [-0.1, -0.05) is 12.1 Å². The topological polar surface area (TPSA) is 44.8 Å². The van der Waals surface area contributed by atoms with Gasteiger partial charge < -0.3 is 14.2 Å². The average Bonchev–Trinajstić information content (AvgIpc) is 2.68. The van der Waals surface area contributed by atoms with Crippen LogP contribution in [0.25, 0.3) is 0 Å². The van der Waals surface area contributed by atoms with Crippen LogP contribution in [0.5, 0.6) is 5.75 Å². The summed E-state index contributed by atoms with van der Waals surface area (Å²) in [5, 5.41) is 0. The van der Waals surface area contributed by atoms with Crippen LogP contribution in [0.1, 0.15) is 30.0 Å². The zero-order valence-corrected chi connectivity index (χ0v) is 17.5. The summed E-state index contributed by atoms with van der Waals surface area (Å²) < 4.78 is 54.1. The maximum absolute atomic E-state index is 12.6. The number of carbonyl (C=O) groups is 1. The summed E-state index contributed by atoms with van der Waals surface area (Å²) in [6.45, 7) is 4.07. The number of carbonyl (C=O) groups excluding carboxylic acids is 1. The van der Waals surface area contributed by atoms with Crippen molar-refractivity contribution in [3.8, 4) is 5.75 Å². The molecule has 0 N–H and O–H groups in total. The lowest BCUT2D eigenvalue weighted by molar-refractivity contribution is -0.380. The third-order valence-corrected chi connectivity index (χ3v) is 5.64. The molecule has 2 aromatic carbocycles. The first-order chi connectivity index (χ1) is 14.2. The van der Waals surface area contributed by atoms with E-state index in [2.05, 4.69) is 0 Å². The van der Waals surface area contributed by atoms with Gasteiger partial charge in [0.15, 0.2) is 12.6 Å². The van der Waals surface area contributed by atoms with Crippen molar-refractivity contribution in [1.29, 1.82) is 0 Å². The van der Waals surface area contributed by atoms with Crippen LogP contribution < -0.4 is 4.74 Å². The van der Waals surface area contributed by atoms with Crippen LogP contribution in [-0.4, -0.2) is 30.7 Å². The molecular formula is C22H23F3O4S. The van der Waals surface area contributed by atoms with Crippen LogP contribution in [-0.2, 0) is 26.9 Å². The molecule has 0 unspecified atom stereocenters. The molecule has 0 aliphatic carbocycles. The van der Waals surface area contributed by atoms with E-state index >= 15 is 0 Å². The van der Waals surface area contributed by atoms with Crippen LogP contribution in [0.2, 0.25) is 0 Å². The van der Waals surface area contributed by atoms with Crippen molar-refractivity contribution in [2.45, 2.75) is 50.3 Å². The molecule has 0 atom stereocenters. The highest BCUT2D eigenvalue weighted by Gasteiger charge is 2.30. The number of halogens is 3. The second-order valence-corrected chi connectivity index (χ2v) is 8.08. The van der Waals surface area contributed by atoms with E-state index in [9.17, 15) is 18.0 Å². The molecule has 1 heterocycles. The third-order valence-electron chi connectivity index (χ3n) is 4.58. The van der Waals surface area contributed by atoms with Gasteiger partial charge in [-0.05, 0) is 61.7 Å². The summed E-state index contributed by atoms with van der Waals surface area (Å²) in [7, 11) is 0. The first-order valence-electron chi connectivity index (χ1n) is 9.56. The highest BCUT2D eigenvalue weighted by Crippen LogP contribution is 2.29. The molecule has 8 heteroatoms. The van der Waals surface area contributed by atoms with Crippen LogP contribution in [0.15, 0.2) is 47.4 Å². The molecule has 1 saturated heterocycles. The minimum absolute atomic E-state index is 0.0475. The molecule has 0 saturated carbocycles. The van der Waals surface area contributed by atoms with E-state index in [0.717, 1.165) is 28.3 Å². The monoisotopic (exact) mass is 440 g/mol. The van der Waals surface area contributed by atoms with E-state index in [-0.39, 0.29) is 18.4 Å². The van der Waals surface area contributed by atoms with Gasteiger partial charge >= 0.3 is 6.18 Å². The second kappa shape index (κ2) is 9.85. The zero-order valence-electron chi connectivity index (χ0n) is 16.7. The van der Waals surface area contributed by atoms with Gasteiger partial charge in [0.1, 0.15) is 18.1 Å². The molecule has 3 rings (SSSR count). The van der Waals surface area contributed by atoms with Gasteiger partial charge in [-0.3, -0.25) is 4.79 Å². The fourth-order valence-electron chi connectivity index (χ4n) is 2.93. The number of benzene rings is 2. The summed E-state index contributed by atoms with van der Waals surface area (Å²) >= 11 is 1.43. The molecule has 0 bridgehead atoms. The predicted molar refractivity (Wildman–Crippen MR) is 108 cm³/mol. The second-order valence-electron chi connectivity index (χ2n) is 7.03. The van der Waals surface area contributed by atoms with Gasteiger partial charge in [-0.25, -0.2) is 0 Å². The van der Waals surface area contributed by atoms with Crippen molar-refractivity contribution < 1.29 is 32.2 Å². The molecule has 1 aliphatic heterocycles. The largest absolute Gasteiger partial charge is 0.488 e. The van der Waals surface area contributed by atoms with Gasteiger partial charge in [0, 0.05) is 11.3 Å². The summed E-state index contributed by atoms with van der Waals surface area (Å²) in [6, 6.07) is 10.6. The van der Waals surface area contributed by atoms with Crippen molar-refractivity contribution in [2.24, 2.45) is 0 Å². The third kappa shape index (κ3) is 6.48. The molecule has 1 aliphatic rings. The number of hydrogen-bond acceptors (Lipinski definition) is 5. The van der Waals surface area contributed by atoms with Gasteiger partial charge in [-0.2, -0.15) is 13.2 Å². The number of ketones is 1. The minimum atomic E-state index is -4.35. The van der Waals surface area contributed by atoms with Crippen molar-refractivity contribution in [1.82, 2.24) is 0 Å². The highest BCUT2D eigenvalue weighted by molar-refractivity contribution is 8.00. The number of aryl methyl sites for hydroxylation is 2. The number of alkyl halides is 3. The van der Waals surface area contributed by atoms with Gasteiger partial charge in [0.2, 0.25) is 0 Å². The van der Waals surface area contributed by atoms with E-state index in [4.69, 9.17) is 14.2 Å². The maximum Gasteiger partial charge on any atom is 0.416 e. The Labute approximate surface area is 177 Å². The SMILES string of the molecule is Cc1cc(SCC(=O)CCc2ccc(C(F)(F)F)cc2)ccc1OCC1OC(C)O1. The number of thioether (sulfide) groups is 1. The van der Waals surface area contributed by atoms with E-state index in [1.54, 1.807) is 0 Å². The van der Waals surface area contributed by atoms with Gasteiger partial charge in [0.05, 0.1) is 11.3 Å². The Kier molecular flexibility index (Phi) is 7.44. The Bertz CT molecular complexity index is 862. The van der Waals surface area contributed by atoms with E-state index in [0.29, 0.717) is 30.8 Å². The molecule has 1 fully saturated rings. The van der Waals surface area contributed by atoms with Crippen LogP contribution in [0.4, 0.5) is 13.2 Å². The Hall–Kier alpha value is -2.03. The Morgan fingerprint density at radius 1 is 1.13 bits per heavy atom. The first-order valence-corrected chi connectivity index (χ1v) is 10.5. The molecule has 2 aromatic rings. The van der Waals surface area contributed by atoms with Gasteiger partial charge in [-0.15, -0.1) is 11.8 Å². The van der Waals surface area contributed by atoms with Crippen LogP contribution >= 0.6 is 11.8 Å². The number of ether oxygens (including phenoxy) is 3. The summed E-state index contributed by atoms with van der Waals surface area (Å²) in [5.74, 6) is 1.09. The van der Waals surface area contributed by atoms with E-state index in [1.165, 1.54) is 23.9 Å². The number of hydrogen-bond donors (Lipinski definition) is 0. The molecule has 0 spiro atoms. The lowest BCUT2D eigenvalue weighted by Crippen LogP contribution is -2.42. The Balaban J connectivity index is 1.41. The molecular weight excluding hydrogens is 417 g/mol. The number of Topliss-reactive ketones (excluding diaryl/α,β-unsaturated/α-hetero) is 1. The molecule has 0 amide bonds. The summed E-state index contributed by atoms with van der Waals surface area (Å²) in [6.07, 6.45) is -4.15. The normalized spacial score (nSPS) is 18.7. The highest BCUT2D eigenvalue weighted by atomic mass is 32.2. The molecule has 0 aromatic heterocycles. The van der Waals surface area contributed by atoms with Crippen LogP contribution in [0.3, 0.4) is 0 Å². The molecule has 0 radical (unpaired) electrons. The summed E-state index contributed by atoms with van der Waals surface area (Å²) in [4.78, 5) is 13.1. The Morgan fingerprint density at radius 2 is 1.83 bits per heavy atom. The molecule has 162 valence electrons. The first kappa shape index (κ1) is 22.7. The van der Waals surface area contributed by atoms with Crippen molar-refractivity contribution in [3.63, 3.8) is 0 Å². The quantitative estimate of drug-likeness (QED) is 0.488. The summed E-state index contributed by atoms with van der Waals surface area (Å²) in [5.41, 5.74) is 0.982. The van der Waals surface area contributed by atoms with Crippen LogP contribution in [0, 0.1) is 6.92 Å². The maximum atomic E-state index is 12.6. The van der Waals surface area contributed by atoms with Crippen molar-refractivity contribution in [3.05, 3.63) is 59.2 Å². The number of rotatable bonds is 9. The lowest BCUT2D eigenvalue weighted by atomic mass is 10.1.